The van der Waals surface area contributed by atoms with Crippen molar-refractivity contribution in [3.05, 3.63) is 70.5 Å². The lowest BCUT2D eigenvalue weighted by atomic mass is 9.96. The van der Waals surface area contributed by atoms with Gasteiger partial charge in [-0.2, -0.15) is 0 Å². The Morgan fingerprint density at radius 2 is 1.48 bits per heavy atom. The second-order valence-electron chi connectivity index (χ2n) is 11.2. The van der Waals surface area contributed by atoms with Gasteiger partial charge in [-0.15, -0.1) is 0 Å². The molecule has 1 heterocycles. The number of esters is 2. The molecule has 2 aromatic carbocycles. The van der Waals surface area contributed by atoms with E-state index in [1.54, 1.807) is 32.0 Å². The largest absolute Gasteiger partial charge is 0.469 e. The molecule has 0 bridgehead atoms. The normalized spacial score (nSPS) is 11.4. The monoisotopic (exact) mass is 577 g/mol. The molecular formula is C35H47NO6. The summed E-state index contributed by atoms with van der Waals surface area (Å²) in [5.41, 5.74) is 3.04. The number of carbonyl (C=O) groups is 3. The van der Waals surface area contributed by atoms with Gasteiger partial charge in [0.1, 0.15) is 11.3 Å². The van der Waals surface area contributed by atoms with Gasteiger partial charge in [-0.1, -0.05) is 51.0 Å². The standard InChI is InChI=1S/C35H47NO6/c1-6-8-21-36(22-9-7-2)23-11-12-26-15-17-27(18-16-26)34(38)33-29-24-28(35(39)41-25(3)4)19-20-30(29)42-31(33)13-10-14-32(37)40-5/h15-20,24-25H,6-14,21-23H2,1-5H3. The molecule has 0 amide bonds. The van der Waals surface area contributed by atoms with Crippen LogP contribution in [-0.4, -0.2) is 55.5 Å². The van der Waals surface area contributed by atoms with Crippen LogP contribution in [0.15, 0.2) is 46.9 Å². The van der Waals surface area contributed by atoms with Crippen LogP contribution >= 0.6 is 0 Å². The molecule has 0 aliphatic heterocycles. The van der Waals surface area contributed by atoms with Gasteiger partial charge in [0, 0.05) is 23.8 Å². The SMILES string of the molecule is CCCCN(CCCC)CCCc1ccc(C(=O)c2c(CCCC(=O)OC)oc3ccc(C(=O)OC(C)C)cc23)cc1. The van der Waals surface area contributed by atoms with Crippen LogP contribution in [0.1, 0.15) is 110 Å². The lowest BCUT2D eigenvalue weighted by molar-refractivity contribution is -0.140. The van der Waals surface area contributed by atoms with Gasteiger partial charge < -0.3 is 18.8 Å². The van der Waals surface area contributed by atoms with Crippen LogP contribution in [0.25, 0.3) is 11.0 Å². The lowest BCUT2D eigenvalue weighted by Gasteiger charge is -2.21. The van der Waals surface area contributed by atoms with Crippen LogP contribution in [0.3, 0.4) is 0 Å². The van der Waals surface area contributed by atoms with Crippen LogP contribution in [0.2, 0.25) is 0 Å². The maximum absolute atomic E-state index is 13.9. The quantitative estimate of drug-likeness (QED) is 0.114. The first-order valence-electron chi connectivity index (χ1n) is 15.5. The predicted octanol–water partition coefficient (Wildman–Crippen LogP) is 7.56. The number of methoxy groups -OCH3 is 1. The molecule has 0 atom stereocenters. The number of rotatable bonds is 18. The Hall–Kier alpha value is -3.45. The van der Waals surface area contributed by atoms with Crippen LogP contribution in [-0.2, 0) is 27.1 Å². The maximum atomic E-state index is 13.9. The first kappa shape index (κ1) is 33.1. The summed E-state index contributed by atoms with van der Waals surface area (Å²) in [5.74, 6) is -0.442. The number of hydrogen-bond donors (Lipinski definition) is 0. The molecule has 3 rings (SSSR count). The molecule has 42 heavy (non-hydrogen) atoms. The van der Waals surface area contributed by atoms with Crippen molar-refractivity contribution in [3.8, 4) is 0 Å². The number of hydrogen-bond acceptors (Lipinski definition) is 7. The molecule has 228 valence electrons. The van der Waals surface area contributed by atoms with Crippen molar-refractivity contribution >= 4 is 28.7 Å². The van der Waals surface area contributed by atoms with Gasteiger partial charge in [0.05, 0.1) is 24.3 Å². The molecule has 0 unspecified atom stereocenters. The van der Waals surface area contributed by atoms with Gasteiger partial charge in [-0.3, -0.25) is 9.59 Å². The summed E-state index contributed by atoms with van der Waals surface area (Å²) >= 11 is 0. The molecule has 7 nitrogen and oxygen atoms in total. The first-order chi connectivity index (χ1) is 20.3. The fourth-order valence-electron chi connectivity index (χ4n) is 5.05. The van der Waals surface area contributed by atoms with Crippen LogP contribution < -0.4 is 0 Å². The average Bonchev–Trinajstić information content (AvgIpc) is 3.35. The van der Waals surface area contributed by atoms with E-state index in [4.69, 9.17) is 13.9 Å². The van der Waals surface area contributed by atoms with E-state index in [2.05, 4.69) is 18.7 Å². The van der Waals surface area contributed by atoms with Gasteiger partial charge >= 0.3 is 11.9 Å². The predicted molar refractivity (Wildman–Crippen MR) is 166 cm³/mol. The second kappa shape index (κ2) is 16.9. The van der Waals surface area contributed by atoms with E-state index in [0.717, 1.165) is 32.5 Å². The molecule has 1 aromatic heterocycles. The van der Waals surface area contributed by atoms with Crippen molar-refractivity contribution in [2.45, 2.75) is 91.6 Å². The van der Waals surface area contributed by atoms with Crippen molar-refractivity contribution in [2.24, 2.45) is 0 Å². The van der Waals surface area contributed by atoms with E-state index in [1.165, 1.54) is 38.4 Å². The minimum Gasteiger partial charge on any atom is -0.469 e. The number of carbonyl (C=O) groups excluding carboxylic acids is 3. The summed E-state index contributed by atoms with van der Waals surface area (Å²) in [6.07, 6.45) is 7.73. The van der Waals surface area contributed by atoms with Crippen LogP contribution in [0.5, 0.6) is 0 Å². The maximum Gasteiger partial charge on any atom is 0.338 e. The van der Waals surface area contributed by atoms with Crippen molar-refractivity contribution in [3.63, 3.8) is 0 Å². The summed E-state index contributed by atoms with van der Waals surface area (Å²) in [6.45, 7) is 11.4. The van der Waals surface area contributed by atoms with Crippen molar-refractivity contribution < 1.29 is 28.3 Å². The van der Waals surface area contributed by atoms with Crippen molar-refractivity contribution in [1.29, 1.82) is 0 Å². The van der Waals surface area contributed by atoms with Gasteiger partial charge in [-0.05, 0) is 89.3 Å². The summed E-state index contributed by atoms with van der Waals surface area (Å²) < 4.78 is 16.2. The number of fused-ring (bicyclic) bond motifs is 1. The smallest absolute Gasteiger partial charge is 0.338 e. The zero-order chi connectivity index (χ0) is 30.5. The minimum absolute atomic E-state index is 0.173. The number of benzene rings is 2. The highest BCUT2D eigenvalue weighted by Crippen LogP contribution is 2.31. The highest BCUT2D eigenvalue weighted by molar-refractivity contribution is 6.17. The van der Waals surface area contributed by atoms with Gasteiger partial charge in [0.25, 0.3) is 0 Å². The Morgan fingerprint density at radius 3 is 2.10 bits per heavy atom. The van der Waals surface area contributed by atoms with Gasteiger partial charge in [0.2, 0.25) is 0 Å². The van der Waals surface area contributed by atoms with E-state index in [0.29, 0.717) is 46.3 Å². The molecule has 0 saturated heterocycles. The first-order valence-corrected chi connectivity index (χ1v) is 15.5. The van der Waals surface area contributed by atoms with Crippen LogP contribution in [0.4, 0.5) is 0 Å². The van der Waals surface area contributed by atoms with Crippen LogP contribution in [0, 0.1) is 0 Å². The number of nitrogens with zero attached hydrogens (tertiary/aromatic N) is 1. The molecule has 7 heteroatoms. The topological polar surface area (TPSA) is 86.0 Å². The molecule has 0 fully saturated rings. The molecule has 3 aromatic rings. The fraction of sp³-hybridized carbons (Fsp3) is 0.514. The number of ether oxygens (including phenoxy) is 2. The molecule has 0 N–H and O–H groups in total. The minimum atomic E-state index is -0.453. The molecule has 0 saturated carbocycles. The van der Waals surface area contributed by atoms with E-state index >= 15 is 0 Å². The third kappa shape index (κ3) is 9.55. The Balaban J connectivity index is 1.81. The summed E-state index contributed by atoms with van der Waals surface area (Å²) in [6, 6.07) is 12.8. The number of ketones is 1. The Labute approximate surface area is 250 Å². The highest BCUT2D eigenvalue weighted by atomic mass is 16.5. The van der Waals surface area contributed by atoms with Crippen molar-refractivity contribution in [1.82, 2.24) is 4.90 Å². The molecular weight excluding hydrogens is 530 g/mol. The Bertz CT molecular complexity index is 1300. The van der Waals surface area contributed by atoms with Crippen molar-refractivity contribution in [2.75, 3.05) is 26.7 Å². The van der Waals surface area contributed by atoms with E-state index < -0.39 is 5.97 Å². The fourth-order valence-corrected chi connectivity index (χ4v) is 5.05. The van der Waals surface area contributed by atoms with Gasteiger partial charge in [-0.25, -0.2) is 4.79 Å². The summed E-state index contributed by atoms with van der Waals surface area (Å²) in [4.78, 5) is 40.8. The summed E-state index contributed by atoms with van der Waals surface area (Å²) in [7, 11) is 1.36. The summed E-state index contributed by atoms with van der Waals surface area (Å²) in [5, 5.41) is 0.564. The third-order valence-electron chi connectivity index (χ3n) is 7.39. The number of unbranched alkanes of at least 4 members (excludes halogenated alkanes) is 2. The van der Waals surface area contributed by atoms with E-state index in [9.17, 15) is 14.4 Å². The Kier molecular flexibility index (Phi) is 13.3. The van der Waals surface area contributed by atoms with E-state index in [-0.39, 0.29) is 24.3 Å². The zero-order valence-electron chi connectivity index (χ0n) is 26.0. The number of aryl methyl sites for hydroxylation is 2. The lowest BCUT2D eigenvalue weighted by Crippen LogP contribution is -2.27. The zero-order valence-corrected chi connectivity index (χ0v) is 26.0. The third-order valence-corrected chi connectivity index (χ3v) is 7.39. The Morgan fingerprint density at radius 1 is 0.833 bits per heavy atom. The molecule has 0 aliphatic rings. The molecule has 0 radical (unpaired) electrons. The highest BCUT2D eigenvalue weighted by Gasteiger charge is 2.24. The van der Waals surface area contributed by atoms with Gasteiger partial charge in [0.15, 0.2) is 5.78 Å². The molecule has 0 spiro atoms. The average molecular weight is 578 g/mol. The second-order valence-corrected chi connectivity index (χ2v) is 11.2. The molecule has 0 aliphatic carbocycles. The van der Waals surface area contributed by atoms with E-state index in [1.807, 2.05) is 24.3 Å². The number of furan rings is 1.